The van der Waals surface area contributed by atoms with Gasteiger partial charge in [0, 0.05) is 10.2 Å². The van der Waals surface area contributed by atoms with Crippen molar-refractivity contribution in [2.45, 2.75) is 6.92 Å². The highest BCUT2D eigenvalue weighted by Gasteiger charge is 2.12. The van der Waals surface area contributed by atoms with Gasteiger partial charge in [0.1, 0.15) is 0 Å². The molecule has 0 saturated heterocycles. The number of hydrogen-bond donors (Lipinski definition) is 2. The average molecular weight is 406 g/mol. The molecule has 0 aromatic heterocycles. The highest BCUT2D eigenvalue weighted by molar-refractivity contribution is 9.10. The van der Waals surface area contributed by atoms with Crippen LogP contribution in [0, 0.1) is 6.92 Å². The average Bonchev–Trinajstić information content (AvgIpc) is 2.55. The molecule has 4 nitrogen and oxygen atoms in total. The van der Waals surface area contributed by atoms with Gasteiger partial charge in [0.25, 0.3) is 0 Å². The predicted octanol–water partition coefficient (Wildman–Crippen LogP) is 4.55. The Morgan fingerprint density at radius 3 is 2.46 bits per heavy atom. The molecular formula is C18H16BrNO3S. The number of halogens is 1. The van der Waals surface area contributed by atoms with Crippen molar-refractivity contribution >= 4 is 51.3 Å². The molecule has 0 fully saturated rings. The second-order valence-electron chi connectivity index (χ2n) is 5.02. The first-order valence-electron chi connectivity index (χ1n) is 7.14. The van der Waals surface area contributed by atoms with E-state index in [1.54, 1.807) is 18.2 Å². The maximum Gasteiger partial charge on any atom is 0.342 e. The molecule has 1 amide bonds. The summed E-state index contributed by atoms with van der Waals surface area (Å²) in [5.74, 6) is -1.26. The molecule has 2 aromatic carbocycles. The molecule has 2 rings (SSSR count). The van der Waals surface area contributed by atoms with Gasteiger partial charge < -0.3 is 10.4 Å². The molecule has 6 heteroatoms. The number of anilines is 1. The Labute approximate surface area is 153 Å². The first-order valence-corrected chi connectivity index (χ1v) is 8.92. The van der Waals surface area contributed by atoms with Crippen LogP contribution in [0.5, 0.6) is 0 Å². The number of carboxylic acid groups (broad SMARTS) is 1. The number of amides is 1. The second-order valence-corrected chi connectivity index (χ2v) is 6.95. The van der Waals surface area contributed by atoms with Gasteiger partial charge in [0.2, 0.25) is 5.91 Å². The maximum atomic E-state index is 12.0. The lowest BCUT2D eigenvalue weighted by Crippen LogP contribution is -2.15. The summed E-state index contributed by atoms with van der Waals surface area (Å²) in [5, 5.41) is 12.1. The van der Waals surface area contributed by atoms with E-state index in [9.17, 15) is 14.7 Å². The van der Waals surface area contributed by atoms with E-state index in [0.29, 0.717) is 0 Å². The molecule has 2 N–H and O–H groups in total. The van der Waals surface area contributed by atoms with Crippen LogP contribution >= 0.6 is 27.7 Å². The molecule has 0 heterocycles. The Balaban J connectivity index is 2.01. The van der Waals surface area contributed by atoms with Crippen LogP contribution in [0.1, 0.15) is 11.1 Å². The Hall–Kier alpha value is -2.05. The summed E-state index contributed by atoms with van der Waals surface area (Å²) < 4.78 is 0.918. The van der Waals surface area contributed by atoms with Crippen LogP contribution in [0.2, 0.25) is 0 Å². The smallest absolute Gasteiger partial charge is 0.342 e. The van der Waals surface area contributed by atoms with E-state index >= 15 is 0 Å². The topological polar surface area (TPSA) is 66.4 Å². The number of aryl methyl sites for hydroxylation is 1. The van der Waals surface area contributed by atoms with Gasteiger partial charge >= 0.3 is 5.97 Å². The van der Waals surface area contributed by atoms with E-state index in [-0.39, 0.29) is 16.6 Å². The Bertz CT molecular complexity index is 772. The molecule has 0 aliphatic heterocycles. The molecule has 2 aromatic rings. The van der Waals surface area contributed by atoms with Gasteiger partial charge in [-0.25, -0.2) is 4.79 Å². The molecule has 124 valence electrons. The number of carbonyl (C=O) groups excluding carboxylic acids is 1. The monoisotopic (exact) mass is 405 g/mol. The van der Waals surface area contributed by atoms with Gasteiger partial charge in [-0.3, -0.25) is 4.79 Å². The molecule has 0 atom stereocenters. The summed E-state index contributed by atoms with van der Waals surface area (Å²) in [6.45, 7) is 1.90. The van der Waals surface area contributed by atoms with Gasteiger partial charge in [0.15, 0.2) is 0 Å². The number of carbonyl (C=O) groups is 2. The predicted molar refractivity (Wildman–Crippen MR) is 102 cm³/mol. The number of hydrogen-bond acceptors (Lipinski definition) is 3. The lowest BCUT2D eigenvalue weighted by Gasteiger charge is -2.08. The van der Waals surface area contributed by atoms with Crippen LogP contribution in [-0.4, -0.2) is 22.7 Å². The first kappa shape index (κ1) is 18.3. The van der Waals surface area contributed by atoms with E-state index in [1.807, 2.05) is 43.3 Å². The fraction of sp³-hybridized carbons (Fsp3) is 0.111. The summed E-state index contributed by atoms with van der Waals surface area (Å²) in [6, 6.07) is 14.7. The van der Waals surface area contributed by atoms with Gasteiger partial charge in [-0.15, -0.1) is 11.8 Å². The third kappa shape index (κ3) is 5.54. The number of carboxylic acids is 1. The standard InChI is InChI=1S/C18H16BrNO3S/c1-12-4-2-3-5-15(12)20-17(21)11-24-16(18(22)23)10-13-6-8-14(19)9-7-13/h2-10H,11H2,1H3,(H,20,21)(H,22,23)/b16-10+. The van der Waals surface area contributed by atoms with E-state index in [2.05, 4.69) is 21.2 Å². The van der Waals surface area contributed by atoms with Crippen molar-refractivity contribution in [1.29, 1.82) is 0 Å². The summed E-state index contributed by atoms with van der Waals surface area (Å²) in [6.07, 6.45) is 1.56. The van der Waals surface area contributed by atoms with Crippen molar-refractivity contribution in [3.63, 3.8) is 0 Å². The molecule has 0 saturated carbocycles. The van der Waals surface area contributed by atoms with Crippen LogP contribution in [0.15, 0.2) is 57.9 Å². The highest BCUT2D eigenvalue weighted by Crippen LogP contribution is 2.22. The van der Waals surface area contributed by atoms with E-state index in [4.69, 9.17) is 0 Å². The van der Waals surface area contributed by atoms with E-state index < -0.39 is 5.97 Å². The van der Waals surface area contributed by atoms with Gasteiger partial charge in [-0.05, 0) is 42.3 Å². The fourth-order valence-corrected chi connectivity index (χ4v) is 2.88. The summed E-state index contributed by atoms with van der Waals surface area (Å²) >= 11 is 4.33. The van der Waals surface area contributed by atoms with Gasteiger partial charge in [0.05, 0.1) is 10.7 Å². The molecule has 0 unspecified atom stereocenters. The first-order chi connectivity index (χ1) is 11.5. The molecule has 24 heavy (non-hydrogen) atoms. The molecule has 0 bridgehead atoms. The van der Waals surface area contributed by atoms with E-state index in [0.717, 1.165) is 33.0 Å². The zero-order valence-corrected chi connectivity index (χ0v) is 15.4. The quantitative estimate of drug-likeness (QED) is 0.691. The Morgan fingerprint density at radius 1 is 1.17 bits per heavy atom. The maximum absolute atomic E-state index is 12.0. The fourth-order valence-electron chi connectivity index (χ4n) is 1.92. The third-order valence-corrected chi connectivity index (χ3v) is 4.70. The summed E-state index contributed by atoms with van der Waals surface area (Å²) in [7, 11) is 0. The molecule has 0 spiro atoms. The van der Waals surface area contributed by atoms with Crippen LogP contribution in [0.4, 0.5) is 5.69 Å². The number of para-hydroxylation sites is 1. The zero-order chi connectivity index (χ0) is 17.5. The third-order valence-electron chi connectivity index (χ3n) is 3.16. The minimum absolute atomic E-state index is 0.0307. The van der Waals surface area contributed by atoms with Crippen LogP contribution in [0.3, 0.4) is 0 Å². The van der Waals surface area contributed by atoms with Crippen molar-refractivity contribution in [3.05, 3.63) is 69.0 Å². The minimum Gasteiger partial charge on any atom is -0.477 e. The van der Waals surface area contributed by atoms with Gasteiger partial charge in [-0.2, -0.15) is 0 Å². The Kier molecular flexibility index (Phi) is 6.63. The van der Waals surface area contributed by atoms with Crippen LogP contribution in [0.25, 0.3) is 6.08 Å². The molecule has 0 aliphatic carbocycles. The van der Waals surface area contributed by atoms with Crippen LogP contribution < -0.4 is 5.32 Å². The lowest BCUT2D eigenvalue weighted by molar-refractivity contribution is -0.131. The van der Waals surface area contributed by atoms with Crippen molar-refractivity contribution < 1.29 is 14.7 Å². The lowest BCUT2D eigenvalue weighted by atomic mass is 10.2. The highest BCUT2D eigenvalue weighted by atomic mass is 79.9. The SMILES string of the molecule is Cc1ccccc1NC(=O)CS/C(=C/c1ccc(Br)cc1)C(=O)O. The number of nitrogens with one attached hydrogen (secondary N) is 1. The molecule has 0 radical (unpaired) electrons. The van der Waals surface area contributed by atoms with Crippen molar-refractivity contribution in [2.75, 3.05) is 11.1 Å². The van der Waals surface area contributed by atoms with Crippen molar-refractivity contribution in [1.82, 2.24) is 0 Å². The zero-order valence-electron chi connectivity index (χ0n) is 13.0. The summed E-state index contributed by atoms with van der Waals surface area (Å²) in [5.41, 5.74) is 2.46. The number of thioether (sulfide) groups is 1. The van der Waals surface area contributed by atoms with E-state index in [1.165, 1.54) is 0 Å². The normalized spacial score (nSPS) is 11.2. The number of benzene rings is 2. The molecular weight excluding hydrogens is 390 g/mol. The summed E-state index contributed by atoms with van der Waals surface area (Å²) in [4.78, 5) is 23.5. The Morgan fingerprint density at radius 2 is 1.83 bits per heavy atom. The number of aliphatic carboxylic acids is 1. The van der Waals surface area contributed by atoms with Crippen LogP contribution in [-0.2, 0) is 9.59 Å². The van der Waals surface area contributed by atoms with Gasteiger partial charge in [-0.1, -0.05) is 46.3 Å². The minimum atomic E-state index is -1.05. The molecule has 0 aliphatic rings. The van der Waals surface area contributed by atoms with Crippen molar-refractivity contribution in [3.8, 4) is 0 Å². The van der Waals surface area contributed by atoms with Crippen molar-refractivity contribution in [2.24, 2.45) is 0 Å². The number of rotatable bonds is 6. The second kappa shape index (κ2) is 8.70. The largest absolute Gasteiger partial charge is 0.477 e.